The molecule has 7 nitrogen and oxygen atoms in total. The highest BCUT2D eigenvalue weighted by Gasteiger charge is 2.17. The molecule has 0 atom stereocenters. The predicted molar refractivity (Wildman–Crippen MR) is 100 cm³/mol. The quantitative estimate of drug-likeness (QED) is 0.622. The van der Waals surface area contributed by atoms with E-state index in [1.807, 2.05) is 32.0 Å². The van der Waals surface area contributed by atoms with Crippen LogP contribution in [0.5, 0.6) is 0 Å². The summed E-state index contributed by atoms with van der Waals surface area (Å²) in [7, 11) is 1.79. The zero-order chi connectivity index (χ0) is 18.8. The molecular weight excluding hydrogens is 350 g/mol. The molecule has 3 rings (SSSR count). The summed E-state index contributed by atoms with van der Waals surface area (Å²) in [6, 6.07) is 5.85. The largest absolute Gasteiger partial charge is 0.341 e. The van der Waals surface area contributed by atoms with E-state index in [1.54, 1.807) is 16.6 Å². The maximum atomic E-state index is 12.5. The molecule has 2 heterocycles. The number of aromatic nitrogens is 4. The number of hydrogen-bond acceptors (Lipinski definition) is 6. The zero-order valence-electron chi connectivity index (χ0n) is 15.3. The Morgan fingerprint density at radius 2 is 1.92 bits per heavy atom. The topological polar surface area (TPSA) is 81.0 Å². The lowest BCUT2D eigenvalue weighted by molar-refractivity contribution is -0.130. The third-order valence-electron chi connectivity index (χ3n) is 4.43. The number of carbonyl (C=O) groups excluding carboxylic acids is 2. The maximum Gasteiger partial charge on any atom is 0.224 e. The number of fused-ring (bicyclic) bond motifs is 1. The van der Waals surface area contributed by atoms with E-state index in [0.29, 0.717) is 30.8 Å². The Morgan fingerprint density at radius 3 is 2.62 bits per heavy atom. The average Bonchev–Trinajstić information content (AvgIpc) is 3.16. The van der Waals surface area contributed by atoms with Crippen molar-refractivity contribution in [3.8, 4) is 0 Å². The molecule has 0 aliphatic rings. The second-order valence-corrected chi connectivity index (χ2v) is 6.94. The summed E-state index contributed by atoms with van der Waals surface area (Å²) in [5.74, 6) is 0.0278. The highest BCUT2D eigenvalue weighted by atomic mass is 32.1. The number of ketones is 1. The summed E-state index contributed by atoms with van der Waals surface area (Å²) in [5, 5.41) is 4.39. The van der Waals surface area contributed by atoms with Crippen LogP contribution in [0.3, 0.4) is 0 Å². The van der Waals surface area contributed by atoms with Crippen molar-refractivity contribution in [2.24, 2.45) is 0 Å². The molecule has 0 saturated carbocycles. The molecule has 0 unspecified atom stereocenters. The third-order valence-corrected chi connectivity index (χ3v) is 4.99. The Kier molecular flexibility index (Phi) is 5.13. The van der Waals surface area contributed by atoms with Gasteiger partial charge in [0.25, 0.3) is 0 Å². The van der Waals surface area contributed by atoms with Gasteiger partial charge >= 0.3 is 0 Å². The lowest BCUT2D eigenvalue weighted by Crippen LogP contribution is -2.27. The third kappa shape index (κ3) is 3.65. The second kappa shape index (κ2) is 7.33. The van der Waals surface area contributed by atoms with Gasteiger partial charge in [-0.15, -0.1) is 0 Å². The summed E-state index contributed by atoms with van der Waals surface area (Å²) >= 11 is 1.18. The normalized spacial score (nSPS) is 11.1. The van der Waals surface area contributed by atoms with E-state index in [-0.39, 0.29) is 11.7 Å². The van der Waals surface area contributed by atoms with Crippen molar-refractivity contribution in [2.75, 3.05) is 7.05 Å². The minimum atomic E-state index is 0.00150. The minimum absolute atomic E-state index is 0.00150. The lowest BCUT2D eigenvalue weighted by Gasteiger charge is -2.17. The van der Waals surface area contributed by atoms with Crippen LogP contribution in [-0.4, -0.2) is 42.2 Å². The molecule has 0 bridgehead atoms. The number of rotatable bonds is 6. The van der Waals surface area contributed by atoms with Crippen molar-refractivity contribution in [2.45, 2.75) is 40.3 Å². The van der Waals surface area contributed by atoms with Gasteiger partial charge in [0.1, 0.15) is 11.0 Å². The van der Waals surface area contributed by atoms with E-state index in [9.17, 15) is 9.59 Å². The van der Waals surface area contributed by atoms with Gasteiger partial charge < -0.3 is 4.90 Å². The van der Waals surface area contributed by atoms with Gasteiger partial charge in [-0.1, -0.05) is 6.07 Å². The van der Waals surface area contributed by atoms with Gasteiger partial charge in [0.05, 0.1) is 23.0 Å². The maximum absolute atomic E-state index is 12.5. The molecule has 0 saturated heterocycles. The summed E-state index contributed by atoms with van der Waals surface area (Å²) in [4.78, 5) is 25.8. The average molecular weight is 371 g/mol. The molecule has 2 aromatic heterocycles. The van der Waals surface area contributed by atoms with Gasteiger partial charge in [-0.3, -0.25) is 14.3 Å². The fourth-order valence-electron chi connectivity index (χ4n) is 3.10. The van der Waals surface area contributed by atoms with E-state index in [1.165, 1.54) is 18.7 Å². The van der Waals surface area contributed by atoms with Crippen LogP contribution in [0.2, 0.25) is 0 Å². The van der Waals surface area contributed by atoms with Crippen molar-refractivity contribution in [3.63, 3.8) is 0 Å². The lowest BCUT2D eigenvalue weighted by atomic mass is 10.1. The minimum Gasteiger partial charge on any atom is -0.341 e. The van der Waals surface area contributed by atoms with E-state index < -0.39 is 0 Å². The molecule has 0 N–H and O–H groups in total. The number of benzene rings is 1. The van der Waals surface area contributed by atoms with Crippen LogP contribution in [0.15, 0.2) is 18.2 Å². The number of carbonyl (C=O) groups is 2. The van der Waals surface area contributed by atoms with Crippen molar-refractivity contribution < 1.29 is 9.59 Å². The highest BCUT2D eigenvalue weighted by Crippen LogP contribution is 2.16. The summed E-state index contributed by atoms with van der Waals surface area (Å²) < 4.78 is 10.2. The second-order valence-electron chi connectivity index (χ2n) is 6.41. The first-order valence-corrected chi connectivity index (χ1v) is 9.10. The van der Waals surface area contributed by atoms with E-state index in [2.05, 4.69) is 13.8 Å². The number of aryl methyl sites for hydroxylation is 2. The number of amides is 1. The van der Waals surface area contributed by atoms with Crippen LogP contribution in [0.1, 0.15) is 40.7 Å². The van der Waals surface area contributed by atoms with Crippen LogP contribution in [0.4, 0.5) is 0 Å². The van der Waals surface area contributed by atoms with Crippen molar-refractivity contribution >= 4 is 34.5 Å². The SMILES string of the molecule is CC(=O)c1c(C)nn(CCC(=O)N(C)Cc2ccc3nsnc3c2)c1C. The number of hydrogen-bond donors (Lipinski definition) is 0. The zero-order valence-corrected chi connectivity index (χ0v) is 16.1. The van der Waals surface area contributed by atoms with Gasteiger partial charge in [-0.25, -0.2) is 0 Å². The molecule has 0 aliphatic carbocycles. The fourth-order valence-corrected chi connectivity index (χ4v) is 3.62. The predicted octanol–water partition coefficient (Wildman–Crippen LogP) is 2.76. The molecule has 1 amide bonds. The van der Waals surface area contributed by atoms with E-state index >= 15 is 0 Å². The molecule has 0 aliphatic heterocycles. The molecule has 0 fully saturated rings. The van der Waals surface area contributed by atoms with Crippen LogP contribution in [0.25, 0.3) is 11.0 Å². The molecule has 1 aromatic carbocycles. The number of nitrogens with zero attached hydrogens (tertiary/aromatic N) is 5. The Labute approximate surface area is 156 Å². The van der Waals surface area contributed by atoms with Gasteiger partial charge in [0.15, 0.2) is 5.78 Å². The van der Waals surface area contributed by atoms with E-state index in [4.69, 9.17) is 0 Å². The van der Waals surface area contributed by atoms with Gasteiger partial charge in [-0.2, -0.15) is 13.8 Å². The highest BCUT2D eigenvalue weighted by molar-refractivity contribution is 7.00. The Hall–Kier alpha value is -2.61. The van der Waals surface area contributed by atoms with Crippen molar-refractivity contribution in [3.05, 3.63) is 40.7 Å². The van der Waals surface area contributed by atoms with Crippen molar-refractivity contribution in [1.29, 1.82) is 0 Å². The van der Waals surface area contributed by atoms with Crippen LogP contribution < -0.4 is 0 Å². The van der Waals surface area contributed by atoms with Crippen LogP contribution >= 0.6 is 11.7 Å². The Balaban J connectivity index is 1.62. The van der Waals surface area contributed by atoms with Gasteiger partial charge in [0, 0.05) is 32.3 Å². The summed E-state index contributed by atoms with van der Waals surface area (Å²) in [5.41, 5.74) is 4.92. The van der Waals surface area contributed by atoms with Crippen LogP contribution in [-0.2, 0) is 17.9 Å². The molecule has 136 valence electrons. The molecule has 8 heteroatoms. The fraction of sp³-hybridized carbons (Fsp3) is 0.389. The van der Waals surface area contributed by atoms with Crippen molar-refractivity contribution in [1.82, 2.24) is 23.4 Å². The monoisotopic (exact) mass is 371 g/mol. The van der Waals surface area contributed by atoms with Gasteiger partial charge in [-0.05, 0) is 38.5 Å². The molecular formula is C18H21N5O2S. The molecule has 0 radical (unpaired) electrons. The standard InChI is InChI=1S/C18H21N5O2S/c1-11-18(13(3)24)12(2)23(19-11)8-7-17(25)22(4)10-14-5-6-15-16(9-14)21-26-20-15/h5-6,9H,7-8,10H2,1-4H3. The number of Topliss-reactive ketones (excluding diaryl/α,β-unsaturated/α-hetero) is 1. The summed E-state index contributed by atoms with van der Waals surface area (Å²) in [6.07, 6.45) is 0.330. The van der Waals surface area contributed by atoms with Gasteiger partial charge in [0.2, 0.25) is 5.91 Å². The first-order chi connectivity index (χ1) is 12.4. The Morgan fingerprint density at radius 1 is 1.19 bits per heavy atom. The van der Waals surface area contributed by atoms with Crippen LogP contribution in [0, 0.1) is 13.8 Å². The molecule has 3 aromatic rings. The first-order valence-electron chi connectivity index (χ1n) is 8.37. The smallest absolute Gasteiger partial charge is 0.224 e. The Bertz CT molecular complexity index is 975. The van der Waals surface area contributed by atoms with E-state index in [0.717, 1.165) is 22.3 Å². The first kappa shape index (κ1) is 18.2. The summed E-state index contributed by atoms with van der Waals surface area (Å²) in [6.45, 7) is 6.19. The molecule has 26 heavy (non-hydrogen) atoms. The molecule has 0 spiro atoms.